The molecule has 0 spiro atoms. The quantitative estimate of drug-likeness (QED) is 0.711. The van der Waals surface area contributed by atoms with E-state index in [2.05, 4.69) is 4.74 Å². The van der Waals surface area contributed by atoms with Crippen molar-refractivity contribution in [1.82, 2.24) is 0 Å². The van der Waals surface area contributed by atoms with E-state index in [4.69, 9.17) is 0 Å². The number of hydrogen-bond donors (Lipinski definition) is 0. The Morgan fingerprint density at radius 3 is 2.57 bits per heavy atom. The van der Waals surface area contributed by atoms with Crippen molar-refractivity contribution in [3.05, 3.63) is 35.9 Å². The van der Waals surface area contributed by atoms with Crippen molar-refractivity contribution in [2.75, 3.05) is 0 Å². The summed E-state index contributed by atoms with van der Waals surface area (Å²) in [7, 11) is 0. The highest BCUT2D eigenvalue weighted by molar-refractivity contribution is 5.51. The van der Waals surface area contributed by atoms with Gasteiger partial charge in [-0.1, -0.05) is 24.3 Å². The van der Waals surface area contributed by atoms with Gasteiger partial charge in [0.05, 0.1) is 0 Å². The van der Waals surface area contributed by atoms with E-state index in [1.165, 1.54) is 18.2 Å². The van der Waals surface area contributed by atoms with Crippen LogP contribution in [0.3, 0.4) is 0 Å². The highest BCUT2D eigenvalue weighted by atomic mass is 19.4. The molecule has 1 rings (SSSR count). The lowest BCUT2D eigenvalue weighted by molar-refractivity contribution is -0.274. The molecule has 14 heavy (non-hydrogen) atoms. The average Bonchev–Trinajstić information content (AvgIpc) is 2.02. The lowest BCUT2D eigenvalue weighted by atomic mass is 10.2. The molecule has 0 saturated carbocycles. The Balaban J connectivity index is 2.84. The van der Waals surface area contributed by atoms with Crippen LogP contribution in [0.2, 0.25) is 0 Å². The lowest BCUT2D eigenvalue weighted by Gasteiger charge is -2.08. The summed E-state index contributed by atoms with van der Waals surface area (Å²) >= 11 is 0. The zero-order chi connectivity index (χ0) is 10.6. The van der Waals surface area contributed by atoms with Crippen LogP contribution in [0.15, 0.2) is 30.3 Å². The fraction of sp³-hybridized carbons (Fsp3) is 0.200. The van der Waals surface area contributed by atoms with Crippen LogP contribution in [0.25, 0.3) is 6.08 Å². The molecular weight excluding hydrogens is 193 g/mol. The molecule has 1 aromatic rings. The summed E-state index contributed by atoms with van der Waals surface area (Å²) < 4.78 is 39.2. The maximum Gasteiger partial charge on any atom is 0.573 e. The summed E-state index contributed by atoms with van der Waals surface area (Å²) in [5, 5.41) is 0. The van der Waals surface area contributed by atoms with Crippen molar-refractivity contribution < 1.29 is 17.9 Å². The molecule has 0 aliphatic rings. The van der Waals surface area contributed by atoms with Crippen LogP contribution in [0.5, 0.6) is 5.75 Å². The monoisotopic (exact) mass is 202 g/mol. The van der Waals surface area contributed by atoms with Gasteiger partial charge in [0.25, 0.3) is 0 Å². The first-order valence-corrected chi connectivity index (χ1v) is 4.00. The average molecular weight is 202 g/mol. The molecule has 0 radical (unpaired) electrons. The Bertz CT molecular complexity index is 328. The highest BCUT2D eigenvalue weighted by Gasteiger charge is 2.30. The van der Waals surface area contributed by atoms with E-state index in [1.807, 2.05) is 0 Å². The molecule has 0 unspecified atom stereocenters. The van der Waals surface area contributed by atoms with Gasteiger partial charge in [-0.05, 0) is 24.6 Å². The van der Waals surface area contributed by atoms with E-state index in [-0.39, 0.29) is 5.75 Å². The first kappa shape index (κ1) is 10.6. The number of allylic oxidation sites excluding steroid dienone is 1. The van der Waals surface area contributed by atoms with Gasteiger partial charge in [-0.2, -0.15) is 0 Å². The van der Waals surface area contributed by atoms with Crippen LogP contribution in [0, 0.1) is 0 Å². The first-order chi connectivity index (χ1) is 6.51. The summed E-state index contributed by atoms with van der Waals surface area (Å²) in [6, 6.07) is 5.80. The number of hydrogen-bond acceptors (Lipinski definition) is 1. The van der Waals surface area contributed by atoms with Gasteiger partial charge in [0.2, 0.25) is 0 Å². The third-order valence-corrected chi connectivity index (χ3v) is 1.45. The summed E-state index contributed by atoms with van der Waals surface area (Å²) in [6.45, 7) is 1.79. The maximum atomic E-state index is 11.8. The Morgan fingerprint density at radius 2 is 2.00 bits per heavy atom. The molecule has 1 aromatic carbocycles. The minimum Gasteiger partial charge on any atom is -0.406 e. The molecular formula is C10H9F3O. The van der Waals surface area contributed by atoms with E-state index in [0.29, 0.717) is 5.56 Å². The Hall–Kier alpha value is -1.45. The minimum atomic E-state index is -4.63. The predicted molar refractivity (Wildman–Crippen MR) is 47.8 cm³/mol. The summed E-state index contributed by atoms with van der Waals surface area (Å²) in [4.78, 5) is 0. The molecule has 0 amide bonds. The van der Waals surface area contributed by atoms with Crippen LogP contribution in [-0.4, -0.2) is 6.36 Å². The number of rotatable bonds is 2. The molecule has 0 aliphatic carbocycles. The van der Waals surface area contributed by atoms with Crippen molar-refractivity contribution in [3.63, 3.8) is 0 Å². The van der Waals surface area contributed by atoms with Gasteiger partial charge in [0.1, 0.15) is 5.75 Å². The summed E-state index contributed by atoms with van der Waals surface area (Å²) in [6.07, 6.45) is -1.19. The summed E-state index contributed by atoms with van der Waals surface area (Å²) in [5.41, 5.74) is 0.675. The molecule has 0 aromatic heterocycles. The smallest absolute Gasteiger partial charge is 0.406 e. The van der Waals surface area contributed by atoms with Crippen molar-refractivity contribution in [2.24, 2.45) is 0 Å². The zero-order valence-electron chi connectivity index (χ0n) is 7.51. The Morgan fingerprint density at radius 1 is 1.29 bits per heavy atom. The number of alkyl halides is 3. The van der Waals surface area contributed by atoms with Crippen LogP contribution in [-0.2, 0) is 0 Å². The van der Waals surface area contributed by atoms with Gasteiger partial charge in [-0.3, -0.25) is 0 Å². The molecule has 0 aliphatic heterocycles. The van der Waals surface area contributed by atoms with Crippen molar-refractivity contribution in [3.8, 4) is 5.75 Å². The standard InChI is InChI=1S/C10H9F3O/c1-2-4-8-5-3-6-9(7-8)14-10(11,12)13/h2-7H,1H3. The molecule has 0 saturated heterocycles. The molecule has 76 valence electrons. The maximum absolute atomic E-state index is 11.8. The topological polar surface area (TPSA) is 9.23 Å². The van der Waals surface area contributed by atoms with Crippen LogP contribution in [0.1, 0.15) is 12.5 Å². The largest absolute Gasteiger partial charge is 0.573 e. The van der Waals surface area contributed by atoms with Gasteiger partial charge >= 0.3 is 6.36 Å². The summed E-state index contributed by atoms with van der Waals surface area (Å²) in [5.74, 6) is -0.201. The van der Waals surface area contributed by atoms with Gasteiger partial charge in [0.15, 0.2) is 0 Å². The third-order valence-electron chi connectivity index (χ3n) is 1.45. The molecule has 0 fully saturated rings. The van der Waals surface area contributed by atoms with Crippen molar-refractivity contribution >= 4 is 6.08 Å². The molecule has 0 bridgehead atoms. The number of ether oxygens (including phenoxy) is 1. The first-order valence-electron chi connectivity index (χ1n) is 4.00. The van der Waals surface area contributed by atoms with Crippen LogP contribution >= 0.6 is 0 Å². The molecule has 0 heterocycles. The molecule has 4 heteroatoms. The van der Waals surface area contributed by atoms with Gasteiger partial charge in [-0.25, -0.2) is 0 Å². The van der Waals surface area contributed by atoms with Gasteiger partial charge in [-0.15, -0.1) is 13.2 Å². The second kappa shape index (κ2) is 4.17. The SMILES string of the molecule is CC=Cc1cccc(OC(F)(F)F)c1. The van der Waals surface area contributed by atoms with E-state index >= 15 is 0 Å². The Kier molecular flexibility index (Phi) is 3.17. The van der Waals surface area contributed by atoms with Crippen molar-refractivity contribution in [2.45, 2.75) is 13.3 Å². The highest BCUT2D eigenvalue weighted by Crippen LogP contribution is 2.23. The van der Waals surface area contributed by atoms with Crippen LogP contribution < -0.4 is 4.74 Å². The van der Waals surface area contributed by atoms with Crippen molar-refractivity contribution in [1.29, 1.82) is 0 Å². The second-order valence-corrected chi connectivity index (χ2v) is 2.62. The fourth-order valence-corrected chi connectivity index (χ4v) is 1.01. The normalized spacial score (nSPS) is 12.0. The Labute approximate surface area is 79.8 Å². The predicted octanol–water partition coefficient (Wildman–Crippen LogP) is 3.62. The lowest BCUT2D eigenvalue weighted by Crippen LogP contribution is -2.17. The minimum absolute atomic E-state index is 0.201. The van der Waals surface area contributed by atoms with E-state index in [9.17, 15) is 13.2 Å². The zero-order valence-corrected chi connectivity index (χ0v) is 7.51. The molecule has 0 N–H and O–H groups in total. The third kappa shape index (κ3) is 3.51. The number of halogens is 3. The van der Waals surface area contributed by atoms with E-state index in [0.717, 1.165) is 0 Å². The second-order valence-electron chi connectivity index (χ2n) is 2.62. The molecule has 0 atom stereocenters. The van der Waals surface area contributed by atoms with Gasteiger partial charge < -0.3 is 4.74 Å². The number of benzene rings is 1. The van der Waals surface area contributed by atoms with E-state index < -0.39 is 6.36 Å². The van der Waals surface area contributed by atoms with E-state index in [1.54, 1.807) is 25.1 Å². The van der Waals surface area contributed by atoms with Gasteiger partial charge in [0, 0.05) is 0 Å². The fourth-order valence-electron chi connectivity index (χ4n) is 1.01. The van der Waals surface area contributed by atoms with Crippen LogP contribution in [0.4, 0.5) is 13.2 Å². The molecule has 1 nitrogen and oxygen atoms in total.